The number of hydrogen-bond donors (Lipinski definition) is 0. The van der Waals surface area contributed by atoms with Crippen LogP contribution >= 0.6 is 0 Å². The lowest BCUT2D eigenvalue weighted by Crippen LogP contribution is -2.30. The van der Waals surface area contributed by atoms with Crippen LogP contribution in [-0.4, -0.2) is 23.6 Å². The quantitative estimate of drug-likeness (QED) is 0.601. The van der Waals surface area contributed by atoms with Crippen LogP contribution < -0.4 is 0 Å². The molecule has 13 heavy (non-hydrogen) atoms. The Morgan fingerprint density at radius 1 is 1.54 bits per heavy atom. The highest BCUT2D eigenvalue weighted by Gasteiger charge is 2.44. The molecule has 2 unspecified atom stereocenters. The smallest absolute Gasteiger partial charge is 0.338 e. The number of hydrogen-bond acceptors (Lipinski definition) is 4. The second kappa shape index (κ2) is 3.10. The fraction of sp³-hybridized carbons (Fsp3) is 0.778. The molecule has 2 atom stereocenters. The summed E-state index contributed by atoms with van der Waals surface area (Å²) < 4.78 is 10.2. The number of cyclic esters (lactones) is 1. The van der Waals surface area contributed by atoms with Gasteiger partial charge in [0.15, 0.2) is 6.10 Å². The third kappa shape index (κ3) is 2.06. The topological polar surface area (TPSA) is 52.6 Å². The van der Waals surface area contributed by atoms with E-state index < -0.39 is 23.8 Å². The van der Waals surface area contributed by atoms with Crippen molar-refractivity contribution in [3.8, 4) is 0 Å². The van der Waals surface area contributed by atoms with Gasteiger partial charge in [-0.3, -0.25) is 4.79 Å². The summed E-state index contributed by atoms with van der Waals surface area (Å²) in [7, 11) is 0. The van der Waals surface area contributed by atoms with Crippen molar-refractivity contribution in [1.82, 2.24) is 0 Å². The molecule has 0 amide bonds. The SMILES string of the molecule is CC(=O)C(C)C1OC(C)(C)OC1=O. The minimum absolute atomic E-state index is 0.0698. The maximum absolute atomic E-state index is 11.2. The van der Waals surface area contributed by atoms with Crippen molar-refractivity contribution in [3.63, 3.8) is 0 Å². The number of ether oxygens (including phenoxy) is 2. The first-order valence-electron chi connectivity index (χ1n) is 4.24. The standard InChI is InChI=1S/C9H14O4/c1-5(6(2)10)7-8(11)13-9(3,4)12-7/h5,7H,1-4H3. The molecule has 0 bridgehead atoms. The van der Waals surface area contributed by atoms with Gasteiger partial charge in [0, 0.05) is 13.8 Å². The van der Waals surface area contributed by atoms with Crippen LogP contribution in [0.1, 0.15) is 27.7 Å². The van der Waals surface area contributed by atoms with E-state index in [1.807, 2.05) is 0 Å². The second-order valence-corrected chi connectivity index (χ2v) is 3.76. The molecule has 0 N–H and O–H groups in total. The molecule has 0 spiro atoms. The Morgan fingerprint density at radius 3 is 2.38 bits per heavy atom. The van der Waals surface area contributed by atoms with Crippen LogP contribution in [0.4, 0.5) is 0 Å². The zero-order valence-corrected chi connectivity index (χ0v) is 8.29. The highest BCUT2D eigenvalue weighted by atomic mass is 16.8. The summed E-state index contributed by atoms with van der Waals surface area (Å²) in [5, 5.41) is 0. The monoisotopic (exact) mass is 186 g/mol. The molecule has 1 heterocycles. The van der Waals surface area contributed by atoms with Gasteiger partial charge < -0.3 is 9.47 Å². The van der Waals surface area contributed by atoms with Gasteiger partial charge in [0.2, 0.25) is 5.79 Å². The summed E-state index contributed by atoms with van der Waals surface area (Å²) in [5.74, 6) is -1.85. The Kier molecular flexibility index (Phi) is 2.43. The van der Waals surface area contributed by atoms with Crippen molar-refractivity contribution in [3.05, 3.63) is 0 Å². The van der Waals surface area contributed by atoms with Gasteiger partial charge in [-0.25, -0.2) is 4.79 Å². The molecular formula is C9H14O4. The lowest BCUT2D eigenvalue weighted by Gasteiger charge is -2.17. The van der Waals surface area contributed by atoms with Gasteiger partial charge in [-0.05, 0) is 6.92 Å². The third-order valence-corrected chi connectivity index (χ3v) is 2.08. The van der Waals surface area contributed by atoms with E-state index >= 15 is 0 Å². The summed E-state index contributed by atoms with van der Waals surface area (Å²) >= 11 is 0. The number of carbonyl (C=O) groups is 2. The van der Waals surface area contributed by atoms with Crippen LogP contribution in [0.2, 0.25) is 0 Å². The molecule has 0 aromatic rings. The van der Waals surface area contributed by atoms with Gasteiger partial charge in [-0.1, -0.05) is 6.92 Å². The van der Waals surface area contributed by atoms with Crippen molar-refractivity contribution in [2.24, 2.45) is 5.92 Å². The fourth-order valence-corrected chi connectivity index (χ4v) is 1.20. The van der Waals surface area contributed by atoms with Crippen LogP contribution in [-0.2, 0) is 19.1 Å². The van der Waals surface area contributed by atoms with E-state index in [0.717, 1.165) is 0 Å². The van der Waals surface area contributed by atoms with E-state index in [2.05, 4.69) is 0 Å². The van der Waals surface area contributed by atoms with Crippen LogP contribution in [0.25, 0.3) is 0 Å². The molecule has 1 saturated heterocycles. The first-order valence-corrected chi connectivity index (χ1v) is 4.24. The summed E-state index contributed by atoms with van der Waals surface area (Å²) in [4.78, 5) is 22.2. The van der Waals surface area contributed by atoms with Crippen molar-refractivity contribution >= 4 is 11.8 Å². The minimum Gasteiger partial charge on any atom is -0.432 e. The Hall–Kier alpha value is -0.900. The van der Waals surface area contributed by atoms with Gasteiger partial charge in [0.25, 0.3) is 0 Å². The van der Waals surface area contributed by atoms with Crippen molar-refractivity contribution in [2.45, 2.75) is 39.6 Å². The van der Waals surface area contributed by atoms with Crippen molar-refractivity contribution in [1.29, 1.82) is 0 Å². The van der Waals surface area contributed by atoms with Gasteiger partial charge in [0.1, 0.15) is 5.78 Å². The van der Waals surface area contributed by atoms with Gasteiger partial charge in [0.05, 0.1) is 5.92 Å². The number of carbonyl (C=O) groups excluding carboxylic acids is 2. The van der Waals surface area contributed by atoms with Crippen LogP contribution in [0, 0.1) is 5.92 Å². The van der Waals surface area contributed by atoms with E-state index in [1.165, 1.54) is 6.92 Å². The van der Waals surface area contributed by atoms with Crippen molar-refractivity contribution < 1.29 is 19.1 Å². The fourth-order valence-electron chi connectivity index (χ4n) is 1.20. The zero-order chi connectivity index (χ0) is 10.2. The molecular weight excluding hydrogens is 172 g/mol. The van der Waals surface area contributed by atoms with Crippen molar-refractivity contribution in [2.75, 3.05) is 0 Å². The average molecular weight is 186 g/mol. The molecule has 4 heteroatoms. The average Bonchev–Trinajstić information content (AvgIpc) is 2.22. The molecule has 0 saturated carbocycles. The summed E-state index contributed by atoms with van der Waals surface area (Å²) in [6, 6.07) is 0. The Balaban J connectivity index is 2.73. The molecule has 0 radical (unpaired) electrons. The Labute approximate surface area is 77.2 Å². The Bertz CT molecular complexity index is 244. The first kappa shape index (κ1) is 10.2. The normalized spacial score (nSPS) is 28.3. The van der Waals surface area contributed by atoms with Gasteiger partial charge in [-0.15, -0.1) is 0 Å². The maximum Gasteiger partial charge on any atom is 0.338 e. The number of rotatable bonds is 2. The van der Waals surface area contributed by atoms with Crippen LogP contribution in [0.5, 0.6) is 0 Å². The van der Waals surface area contributed by atoms with Crippen LogP contribution in [0.3, 0.4) is 0 Å². The predicted octanol–water partition coefficient (Wildman–Crippen LogP) is 0.890. The number of Topliss-reactive ketones (excluding diaryl/α,β-unsaturated/α-hetero) is 1. The molecule has 1 aliphatic rings. The molecule has 0 aromatic carbocycles. The Morgan fingerprint density at radius 2 is 2.08 bits per heavy atom. The predicted molar refractivity (Wildman–Crippen MR) is 44.9 cm³/mol. The number of ketones is 1. The summed E-state index contributed by atoms with van der Waals surface area (Å²) in [5.41, 5.74) is 0. The molecule has 1 rings (SSSR count). The summed E-state index contributed by atoms with van der Waals surface area (Å²) in [6.45, 7) is 6.40. The lowest BCUT2D eigenvalue weighted by molar-refractivity contribution is -0.161. The molecule has 1 aliphatic heterocycles. The van der Waals surface area contributed by atoms with Crippen LogP contribution in [0.15, 0.2) is 0 Å². The lowest BCUT2D eigenvalue weighted by atomic mass is 10.0. The molecule has 0 aromatic heterocycles. The van der Waals surface area contributed by atoms with E-state index in [-0.39, 0.29) is 5.78 Å². The van der Waals surface area contributed by atoms with Gasteiger partial charge in [-0.2, -0.15) is 0 Å². The van der Waals surface area contributed by atoms with E-state index in [4.69, 9.17) is 9.47 Å². The zero-order valence-electron chi connectivity index (χ0n) is 8.29. The van der Waals surface area contributed by atoms with E-state index in [9.17, 15) is 9.59 Å². The minimum atomic E-state index is -0.897. The second-order valence-electron chi connectivity index (χ2n) is 3.76. The molecule has 4 nitrogen and oxygen atoms in total. The highest BCUT2D eigenvalue weighted by molar-refractivity contribution is 5.87. The summed E-state index contributed by atoms with van der Waals surface area (Å²) in [6.07, 6.45) is -0.743. The largest absolute Gasteiger partial charge is 0.432 e. The van der Waals surface area contributed by atoms with Gasteiger partial charge >= 0.3 is 5.97 Å². The highest BCUT2D eigenvalue weighted by Crippen LogP contribution is 2.28. The number of esters is 1. The van der Waals surface area contributed by atoms with E-state index in [1.54, 1.807) is 20.8 Å². The molecule has 1 fully saturated rings. The molecule has 0 aliphatic carbocycles. The van der Waals surface area contributed by atoms with E-state index in [0.29, 0.717) is 0 Å². The first-order chi connectivity index (χ1) is 5.83. The maximum atomic E-state index is 11.2. The third-order valence-electron chi connectivity index (χ3n) is 2.08. The molecule has 74 valence electrons.